The van der Waals surface area contributed by atoms with Crippen LogP contribution >= 0.6 is 0 Å². The molecule has 14 heavy (non-hydrogen) atoms. The zero-order valence-electron chi connectivity index (χ0n) is 7.77. The summed E-state index contributed by atoms with van der Waals surface area (Å²) in [6.07, 6.45) is 1.40. The first-order chi connectivity index (χ1) is 6.90. The van der Waals surface area contributed by atoms with Crippen molar-refractivity contribution in [2.45, 2.75) is 0 Å². The molecule has 0 radical (unpaired) electrons. The van der Waals surface area contributed by atoms with Crippen molar-refractivity contribution in [3.8, 4) is 5.75 Å². The van der Waals surface area contributed by atoms with Crippen LogP contribution in [-0.4, -0.2) is 19.0 Å². The molecular weight excluding hydrogens is 178 g/mol. The molecule has 0 N–H and O–H groups in total. The fourth-order valence-electron chi connectivity index (χ4n) is 1.28. The SMILES string of the molecule is C=COc1ccc(C2=NCCO2)cc1. The summed E-state index contributed by atoms with van der Waals surface area (Å²) >= 11 is 0. The first kappa shape index (κ1) is 8.81. The van der Waals surface area contributed by atoms with E-state index in [9.17, 15) is 0 Å². The van der Waals surface area contributed by atoms with Crippen LogP contribution in [0.25, 0.3) is 0 Å². The van der Waals surface area contributed by atoms with Crippen molar-refractivity contribution in [1.29, 1.82) is 0 Å². The Morgan fingerprint density at radius 2 is 2.14 bits per heavy atom. The van der Waals surface area contributed by atoms with E-state index in [4.69, 9.17) is 9.47 Å². The van der Waals surface area contributed by atoms with Gasteiger partial charge in [-0.05, 0) is 24.3 Å². The van der Waals surface area contributed by atoms with Crippen LogP contribution in [0.15, 0.2) is 42.1 Å². The summed E-state index contributed by atoms with van der Waals surface area (Å²) in [6, 6.07) is 7.56. The monoisotopic (exact) mass is 189 g/mol. The van der Waals surface area contributed by atoms with Crippen LogP contribution in [0.1, 0.15) is 5.56 Å². The molecule has 1 aromatic rings. The Bertz CT molecular complexity index is 354. The first-order valence-corrected chi connectivity index (χ1v) is 4.45. The Morgan fingerprint density at radius 3 is 2.71 bits per heavy atom. The average molecular weight is 189 g/mol. The van der Waals surface area contributed by atoms with Gasteiger partial charge >= 0.3 is 0 Å². The predicted octanol–water partition coefficient (Wildman–Crippen LogP) is 1.99. The molecule has 0 aliphatic carbocycles. The van der Waals surface area contributed by atoms with E-state index in [0.717, 1.165) is 23.8 Å². The van der Waals surface area contributed by atoms with Gasteiger partial charge in [0.25, 0.3) is 0 Å². The summed E-state index contributed by atoms with van der Waals surface area (Å²) in [7, 11) is 0. The third kappa shape index (κ3) is 1.76. The molecule has 2 rings (SSSR count). The summed E-state index contributed by atoms with van der Waals surface area (Å²) in [5.41, 5.74) is 0.985. The minimum atomic E-state index is 0.681. The second kappa shape index (κ2) is 3.96. The number of aliphatic imine (C=N–C) groups is 1. The van der Waals surface area contributed by atoms with Crippen LogP contribution in [0, 0.1) is 0 Å². The van der Waals surface area contributed by atoms with Crippen molar-refractivity contribution in [1.82, 2.24) is 0 Å². The highest BCUT2D eigenvalue weighted by Gasteiger charge is 2.09. The minimum Gasteiger partial charge on any atom is -0.476 e. The lowest BCUT2D eigenvalue weighted by atomic mass is 10.2. The van der Waals surface area contributed by atoms with Crippen molar-refractivity contribution in [3.05, 3.63) is 42.7 Å². The molecule has 0 saturated heterocycles. The van der Waals surface area contributed by atoms with Crippen LogP contribution in [0.3, 0.4) is 0 Å². The van der Waals surface area contributed by atoms with E-state index in [2.05, 4.69) is 11.6 Å². The van der Waals surface area contributed by atoms with Crippen LogP contribution in [0.4, 0.5) is 0 Å². The zero-order chi connectivity index (χ0) is 9.80. The predicted molar refractivity (Wildman–Crippen MR) is 54.6 cm³/mol. The molecule has 1 aromatic carbocycles. The lowest BCUT2D eigenvalue weighted by Crippen LogP contribution is -2.00. The van der Waals surface area contributed by atoms with Gasteiger partial charge in [-0.1, -0.05) is 6.58 Å². The lowest BCUT2D eigenvalue weighted by Gasteiger charge is -2.02. The summed E-state index contributed by atoms with van der Waals surface area (Å²) < 4.78 is 10.4. The lowest BCUT2D eigenvalue weighted by molar-refractivity contribution is 0.348. The molecule has 0 amide bonds. The van der Waals surface area contributed by atoms with Crippen molar-refractivity contribution < 1.29 is 9.47 Å². The van der Waals surface area contributed by atoms with E-state index in [1.54, 1.807) is 0 Å². The Labute approximate surface area is 82.7 Å². The van der Waals surface area contributed by atoms with Crippen LogP contribution < -0.4 is 4.74 Å². The average Bonchev–Trinajstić information content (AvgIpc) is 2.72. The summed E-state index contributed by atoms with van der Waals surface area (Å²) in [6.45, 7) is 4.92. The molecular formula is C11H11NO2. The second-order valence-electron chi connectivity index (χ2n) is 2.84. The number of rotatable bonds is 3. The fraction of sp³-hybridized carbons (Fsp3) is 0.182. The maximum atomic E-state index is 5.33. The molecule has 3 heteroatoms. The normalized spacial score (nSPS) is 14.4. The number of hydrogen-bond donors (Lipinski definition) is 0. The maximum absolute atomic E-state index is 5.33. The zero-order valence-corrected chi connectivity index (χ0v) is 7.77. The van der Waals surface area contributed by atoms with Gasteiger partial charge in [-0.25, -0.2) is 4.99 Å². The number of benzene rings is 1. The van der Waals surface area contributed by atoms with Gasteiger partial charge < -0.3 is 9.47 Å². The molecule has 1 aliphatic heterocycles. The van der Waals surface area contributed by atoms with Gasteiger partial charge in [0.1, 0.15) is 12.4 Å². The Balaban J connectivity index is 2.16. The van der Waals surface area contributed by atoms with Crippen molar-refractivity contribution in [2.75, 3.05) is 13.2 Å². The summed E-state index contributed by atoms with van der Waals surface area (Å²) in [5.74, 6) is 1.48. The molecule has 0 fully saturated rings. The van der Waals surface area contributed by atoms with E-state index in [-0.39, 0.29) is 0 Å². The fourth-order valence-corrected chi connectivity index (χ4v) is 1.28. The maximum Gasteiger partial charge on any atom is 0.216 e. The molecule has 0 atom stereocenters. The Morgan fingerprint density at radius 1 is 1.36 bits per heavy atom. The van der Waals surface area contributed by atoms with Gasteiger partial charge in [0.15, 0.2) is 0 Å². The molecule has 0 spiro atoms. The Hall–Kier alpha value is -1.77. The third-order valence-electron chi connectivity index (χ3n) is 1.91. The molecule has 1 aliphatic rings. The second-order valence-corrected chi connectivity index (χ2v) is 2.84. The molecule has 0 bridgehead atoms. The molecule has 0 unspecified atom stereocenters. The van der Waals surface area contributed by atoms with E-state index in [1.165, 1.54) is 6.26 Å². The first-order valence-electron chi connectivity index (χ1n) is 4.45. The van der Waals surface area contributed by atoms with Gasteiger partial charge in [0.05, 0.1) is 12.8 Å². The standard InChI is InChI=1S/C11H11NO2/c1-2-13-10-5-3-9(4-6-10)11-12-7-8-14-11/h2-6H,1,7-8H2. The number of nitrogens with zero attached hydrogens (tertiary/aromatic N) is 1. The quantitative estimate of drug-likeness (QED) is 0.681. The van der Waals surface area contributed by atoms with E-state index >= 15 is 0 Å². The number of ether oxygens (including phenoxy) is 2. The summed E-state index contributed by atoms with van der Waals surface area (Å²) in [5, 5.41) is 0. The highest BCUT2D eigenvalue weighted by atomic mass is 16.5. The van der Waals surface area contributed by atoms with Crippen molar-refractivity contribution in [2.24, 2.45) is 4.99 Å². The van der Waals surface area contributed by atoms with E-state index in [1.807, 2.05) is 24.3 Å². The van der Waals surface area contributed by atoms with Crippen molar-refractivity contribution in [3.63, 3.8) is 0 Å². The van der Waals surface area contributed by atoms with Gasteiger partial charge in [0.2, 0.25) is 5.90 Å². The van der Waals surface area contributed by atoms with Gasteiger partial charge in [-0.2, -0.15) is 0 Å². The largest absolute Gasteiger partial charge is 0.476 e. The van der Waals surface area contributed by atoms with Crippen LogP contribution in [-0.2, 0) is 4.74 Å². The van der Waals surface area contributed by atoms with Crippen LogP contribution in [0.5, 0.6) is 5.75 Å². The molecule has 0 saturated carbocycles. The molecule has 0 aromatic heterocycles. The highest BCUT2D eigenvalue weighted by Crippen LogP contribution is 2.14. The van der Waals surface area contributed by atoms with Crippen molar-refractivity contribution >= 4 is 5.90 Å². The topological polar surface area (TPSA) is 30.8 Å². The molecule has 1 heterocycles. The van der Waals surface area contributed by atoms with E-state index < -0.39 is 0 Å². The van der Waals surface area contributed by atoms with Crippen LogP contribution in [0.2, 0.25) is 0 Å². The summed E-state index contributed by atoms with van der Waals surface area (Å²) in [4.78, 5) is 4.22. The Kier molecular flexibility index (Phi) is 2.49. The number of hydrogen-bond acceptors (Lipinski definition) is 3. The van der Waals surface area contributed by atoms with Gasteiger partial charge in [-0.15, -0.1) is 0 Å². The highest BCUT2D eigenvalue weighted by molar-refractivity contribution is 5.94. The van der Waals surface area contributed by atoms with E-state index in [0.29, 0.717) is 6.61 Å². The van der Waals surface area contributed by atoms with Gasteiger partial charge in [0, 0.05) is 5.56 Å². The van der Waals surface area contributed by atoms with Gasteiger partial charge in [-0.3, -0.25) is 0 Å². The molecule has 72 valence electrons. The molecule has 3 nitrogen and oxygen atoms in total. The smallest absolute Gasteiger partial charge is 0.216 e. The minimum absolute atomic E-state index is 0.681. The third-order valence-corrected chi connectivity index (χ3v) is 1.91.